The maximum Gasteiger partial charge on any atom is 0.306 e. The summed E-state index contributed by atoms with van der Waals surface area (Å²) in [5.74, 6) is 2.99. The number of fused-ring (bicyclic) bond motifs is 7. The average Bonchev–Trinajstić information content (AvgIpc) is 3.23. The topological polar surface area (TPSA) is 52.6 Å². The molecule has 0 aromatic heterocycles. The van der Waals surface area contributed by atoms with Gasteiger partial charge in [-0.2, -0.15) is 0 Å². The van der Waals surface area contributed by atoms with Crippen molar-refractivity contribution in [3.63, 3.8) is 0 Å². The van der Waals surface area contributed by atoms with Gasteiger partial charge in [0.25, 0.3) is 0 Å². The zero-order valence-electron chi connectivity index (χ0n) is 27.0. The molecule has 0 aromatic carbocycles. The summed E-state index contributed by atoms with van der Waals surface area (Å²) in [6, 6.07) is 0. The van der Waals surface area contributed by atoms with E-state index in [9.17, 15) is 9.59 Å². The van der Waals surface area contributed by atoms with Gasteiger partial charge in [0, 0.05) is 5.41 Å². The van der Waals surface area contributed by atoms with Gasteiger partial charge in [0.15, 0.2) is 0 Å². The fraction of sp³-hybridized carbons (Fsp3) is 0.889. The molecule has 0 spiro atoms. The SMILES string of the molecule is C=C(C)C1CCC2(C)CCC3(C)C(CCC4C5(C)CCC(OC(=O)CCC(=O)OCC)C(C)(C)C5CCC43C)C12. The minimum Gasteiger partial charge on any atom is -0.466 e. The lowest BCUT2D eigenvalue weighted by Gasteiger charge is -2.73. The summed E-state index contributed by atoms with van der Waals surface area (Å²) in [5.41, 5.74) is 2.85. The second kappa shape index (κ2) is 10.1. The molecule has 0 amide bonds. The minimum atomic E-state index is -0.319. The van der Waals surface area contributed by atoms with Crippen LogP contribution in [0.2, 0.25) is 0 Å². The molecule has 226 valence electrons. The molecule has 5 fully saturated rings. The first-order valence-electron chi connectivity index (χ1n) is 16.6. The van der Waals surface area contributed by atoms with Crippen LogP contribution in [0.25, 0.3) is 0 Å². The van der Waals surface area contributed by atoms with Crippen LogP contribution in [0.5, 0.6) is 0 Å². The molecule has 5 aliphatic carbocycles. The van der Waals surface area contributed by atoms with Crippen LogP contribution in [0.15, 0.2) is 12.2 Å². The Morgan fingerprint density at radius 2 is 1.48 bits per heavy atom. The molecule has 0 aromatic rings. The van der Waals surface area contributed by atoms with Gasteiger partial charge in [-0.3, -0.25) is 9.59 Å². The Morgan fingerprint density at radius 1 is 0.775 bits per heavy atom. The molecule has 4 heteroatoms. The molecule has 5 saturated carbocycles. The van der Waals surface area contributed by atoms with E-state index in [1.54, 1.807) is 6.92 Å². The highest BCUT2D eigenvalue weighted by molar-refractivity contribution is 5.77. The third-order valence-corrected chi connectivity index (χ3v) is 14.5. The van der Waals surface area contributed by atoms with Gasteiger partial charge in [0.1, 0.15) is 6.10 Å². The fourth-order valence-corrected chi connectivity index (χ4v) is 12.3. The van der Waals surface area contributed by atoms with E-state index in [2.05, 4.69) is 55.0 Å². The maximum atomic E-state index is 12.8. The lowest BCUT2D eigenvalue weighted by molar-refractivity contribution is -0.249. The van der Waals surface area contributed by atoms with Gasteiger partial charge in [-0.1, -0.05) is 53.7 Å². The fourth-order valence-electron chi connectivity index (χ4n) is 12.3. The van der Waals surface area contributed by atoms with E-state index in [1.807, 2.05) is 0 Å². The van der Waals surface area contributed by atoms with Crippen LogP contribution in [-0.4, -0.2) is 24.6 Å². The van der Waals surface area contributed by atoms with Crippen LogP contribution < -0.4 is 0 Å². The van der Waals surface area contributed by atoms with Crippen LogP contribution in [0.4, 0.5) is 0 Å². The Morgan fingerprint density at radius 3 is 2.15 bits per heavy atom. The van der Waals surface area contributed by atoms with E-state index in [4.69, 9.17) is 9.47 Å². The molecule has 0 heterocycles. The molecule has 4 nitrogen and oxygen atoms in total. The van der Waals surface area contributed by atoms with Crippen molar-refractivity contribution in [1.29, 1.82) is 0 Å². The van der Waals surface area contributed by atoms with Crippen molar-refractivity contribution >= 4 is 11.9 Å². The predicted molar refractivity (Wildman–Crippen MR) is 160 cm³/mol. The van der Waals surface area contributed by atoms with Gasteiger partial charge in [-0.05, 0) is 129 Å². The number of esters is 2. The summed E-state index contributed by atoms with van der Waals surface area (Å²) in [6.45, 7) is 24.3. The number of carbonyl (C=O) groups excluding carboxylic acids is 2. The van der Waals surface area contributed by atoms with Crippen LogP contribution in [-0.2, 0) is 19.1 Å². The summed E-state index contributed by atoms with van der Waals surface area (Å²) >= 11 is 0. The number of rotatable bonds is 6. The van der Waals surface area contributed by atoms with E-state index in [0.717, 1.165) is 24.7 Å². The Balaban J connectivity index is 1.36. The van der Waals surface area contributed by atoms with Crippen molar-refractivity contribution in [2.45, 2.75) is 139 Å². The second-order valence-corrected chi connectivity index (χ2v) is 16.5. The number of allylic oxidation sites excluding steroid dienone is 1. The summed E-state index contributed by atoms with van der Waals surface area (Å²) < 4.78 is 11.1. The van der Waals surface area contributed by atoms with Gasteiger partial charge in [-0.15, -0.1) is 0 Å². The zero-order valence-corrected chi connectivity index (χ0v) is 27.0. The Bertz CT molecular complexity index is 1030. The Labute approximate surface area is 244 Å². The van der Waals surface area contributed by atoms with Crippen molar-refractivity contribution in [3.8, 4) is 0 Å². The molecule has 0 bridgehead atoms. The third-order valence-electron chi connectivity index (χ3n) is 14.5. The highest BCUT2D eigenvalue weighted by atomic mass is 16.5. The van der Waals surface area contributed by atoms with Crippen LogP contribution in [0, 0.1) is 56.7 Å². The Kier molecular flexibility index (Phi) is 7.65. The predicted octanol–water partition coefficient (Wildman–Crippen LogP) is 8.92. The van der Waals surface area contributed by atoms with Crippen LogP contribution in [0.1, 0.15) is 132 Å². The lowest BCUT2D eigenvalue weighted by Crippen LogP contribution is -2.66. The van der Waals surface area contributed by atoms with Crippen molar-refractivity contribution in [2.24, 2.45) is 56.7 Å². The maximum absolute atomic E-state index is 12.8. The first kappa shape index (κ1) is 30.1. The first-order chi connectivity index (χ1) is 18.6. The first-order valence-corrected chi connectivity index (χ1v) is 16.6. The monoisotopic (exact) mass is 554 g/mol. The van der Waals surface area contributed by atoms with Crippen molar-refractivity contribution in [2.75, 3.05) is 6.61 Å². The molecule has 40 heavy (non-hydrogen) atoms. The largest absolute Gasteiger partial charge is 0.466 e. The van der Waals surface area contributed by atoms with Gasteiger partial charge < -0.3 is 9.47 Å². The lowest BCUT2D eigenvalue weighted by atomic mass is 9.32. The average molecular weight is 555 g/mol. The van der Waals surface area contributed by atoms with Crippen molar-refractivity contribution in [3.05, 3.63) is 12.2 Å². The third kappa shape index (κ3) is 4.34. The summed E-state index contributed by atoms with van der Waals surface area (Å²) in [7, 11) is 0. The summed E-state index contributed by atoms with van der Waals surface area (Å²) in [4.78, 5) is 24.6. The number of hydrogen-bond donors (Lipinski definition) is 0. The smallest absolute Gasteiger partial charge is 0.306 e. The van der Waals surface area contributed by atoms with Gasteiger partial charge in [0.2, 0.25) is 0 Å². The second-order valence-electron chi connectivity index (χ2n) is 16.5. The molecule has 0 aliphatic heterocycles. The molecular formula is C36H58O4. The van der Waals surface area contributed by atoms with E-state index in [1.165, 1.54) is 56.9 Å². The standard InChI is InChI=1S/C36H58O4/c1-10-39-29(37)13-14-30(38)40-28-17-19-34(7)26(32(28,4)5)16-20-36(9)27(34)12-11-25-31-24(23(2)3)15-18-33(31,6)21-22-35(25,36)8/h24-28,31H,2,10-22H2,1,3-9H3. The molecule has 5 aliphatic rings. The number of carbonyl (C=O) groups is 2. The highest BCUT2D eigenvalue weighted by Crippen LogP contribution is 2.77. The van der Waals surface area contributed by atoms with Crippen LogP contribution >= 0.6 is 0 Å². The molecule has 0 N–H and O–H groups in total. The van der Waals surface area contributed by atoms with Gasteiger partial charge in [0.05, 0.1) is 19.4 Å². The molecule has 10 unspecified atom stereocenters. The summed E-state index contributed by atoms with van der Waals surface area (Å²) in [6.07, 6.45) is 12.9. The van der Waals surface area contributed by atoms with Gasteiger partial charge in [-0.25, -0.2) is 0 Å². The Hall–Kier alpha value is -1.32. The molecular weight excluding hydrogens is 496 g/mol. The minimum absolute atomic E-state index is 0.0761. The van der Waals surface area contributed by atoms with E-state index in [-0.39, 0.29) is 41.7 Å². The van der Waals surface area contributed by atoms with Crippen molar-refractivity contribution < 1.29 is 19.1 Å². The molecule has 5 rings (SSSR count). The van der Waals surface area contributed by atoms with E-state index < -0.39 is 0 Å². The van der Waals surface area contributed by atoms with E-state index >= 15 is 0 Å². The number of ether oxygens (including phenoxy) is 2. The number of hydrogen-bond acceptors (Lipinski definition) is 4. The summed E-state index contributed by atoms with van der Waals surface area (Å²) in [5, 5.41) is 0. The van der Waals surface area contributed by atoms with Crippen LogP contribution in [0.3, 0.4) is 0 Å². The molecule has 0 radical (unpaired) electrons. The normalized spacial score (nSPS) is 47.2. The molecule has 0 saturated heterocycles. The quantitative estimate of drug-likeness (QED) is 0.243. The van der Waals surface area contributed by atoms with E-state index in [0.29, 0.717) is 40.6 Å². The van der Waals surface area contributed by atoms with Crippen molar-refractivity contribution in [1.82, 2.24) is 0 Å². The van der Waals surface area contributed by atoms with Gasteiger partial charge >= 0.3 is 11.9 Å². The highest BCUT2D eigenvalue weighted by Gasteiger charge is 2.70. The molecule has 10 atom stereocenters. The zero-order chi connectivity index (χ0) is 29.3.